The van der Waals surface area contributed by atoms with Crippen LogP contribution in [0, 0.1) is 0 Å². The normalized spacial score (nSPS) is 17.0. The molecule has 2 heterocycles. The first kappa shape index (κ1) is 20.4. The van der Waals surface area contributed by atoms with Gasteiger partial charge in [0.05, 0.1) is 17.9 Å². The molecule has 4 rings (SSSR count). The van der Waals surface area contributed by atoms with Gasteiger partial charge in [-0.2, -0.15) is 0 Å². The van der Waals surface area contributed by atoms with E-state index in [2.05, 4.69) is 15.5 Å². The molecule has 2 aromatic carbocycles. The van der Waals surface area contributed by atoms with Crippen molar-refractivity contribution in [2.75, 3.05) is 11.9 Å². The Labute approximate surface area is 178 Å². The molecule has 1 aliphatic rings. The number of hydrogen-bond acceptors (Lipinski definition) is 5. The van der Waals surface area contributed by atoms with Gasteiger partial charge in [0.15, 0.2) is 5.16 Å². The van der Waals surface area contributed by atoms with Crippen molar-refractivity contribution in [1.29, 1.82) is 0 Å². The Morgan fingerprint density at radius 2 is 2.03 bits per heavy atom. The minimum absolute atomic E-state index is 0.0153. The predicted molar refractivity (Wildman–Crippen MR) is 118 cm³/mol. The molecule has 2 atom stereocenters. The zero-order chi connectivity index (χ0) is 20.9. The molecule has 0 bridgehead atoms. The monoisotopic (exact) mass is 424 g/mol. The highest BCUT2D eigenvalue weighted by atomic mass is 32.2. The lowest BCUT2D eigenvalue weighted by molar-refractivity contribution is -0.115. The first-order valence-electron chi connectivity index (χ1n) is 10.0. The van der Waals surface area contributed by atoms with Crippen molar-refractivity contribution in [2.24, 2.45) is 0 Å². The molecule has 2 unspecified atom stereocenters. The van der Waals surface area contributed by atoms with Crippen molar-refractivity contribution in [2.45, 2.75) is 42.8 Å². The number of rotatable bonds is 7. The van der Waals surface area contributed by atoms with E-state index >= 15 is 0 Å². The summed E-state index contributed by atoms with van der Waals surface area (Å²) in [6.07, 6.45) is 1.94. The number of amides is 1. The van der Waals surface area contributed by atoms with Gasteiger partial charge in [-0.1, -0.05) is 60.3 Å². The summed E-state index contributed by atoms with van der Waals surface area (Å²) >= 11 is 1.26. The molecule has 1 amide bonds. The minimum atomic E-state index is -0.438. The lowest BCUT2D eigenvalue weighted by Gasteiger charge is -2.16. The maximum Gasteiger partial charge on any atom is 0.344 e. The molecule has 0 radical (unpaired) electrons. The third-order valence-corrected chi connectivity index (χ3v) is 6.14. The van der Waals surface area contributed by atoms with Crippen LogP contribution in [-0.4, -0.2) is 38.6 Å². The summed E-state index contributed by atoms with van der Waals surface area (Å²) < 4.78 is 7.19. The number of H-pyrrole nitrogens is 1. The third-order valence-electron chi connectivity index (χ3n) is 5.05. The van der Waals surface area contributed by atoms with E-state index in [1.54, 1.807) is 11.5 Å². The average molecular weight is 425 g/mol. The molecular weight excluding hydrogens is 400 g/mol. The number of carbonyl (C=O) groups excluding carboxylic acids is 1. The lowest BCUT2D eigenvalue weighted by Crippen LogP contribution is -2.27. The average Bonchev–Trinajstić information content (AvgIpc) is 3.40. The highest BCUT2D eigenvalue weighted by Gasteiger charge is 2.23. The number of ether oxygens (including phenoxy) is 1. The molecule has 1 aliphatic heterocycles. The lowest BCUT2D eigenvalue weighted by atomic mass is 10.0. The van der Waals surface area contributed by atoms with Crippen LogP contribution < -0.4 is 11.0 Å². The van der Waals surface area contributed by atoms with Gasteiger partial charge in [-0.3, -0.25) is 9.36 Å². The van der Waals surface area contributed by atoms with Crippen LogP contribution >= 0.6 is 11.8 Å². The Morgan fingerprint density at radius 3 is 2.80 bits per heavy atom. The number of benzene rings is 2. The molecule has 3 aromatic rings. The smallest absolute Gasteiger partial charge is 0.344 e. The number of carbonyl (C=O) groups is 1. The molecule has 0 aliphatic carbocycles. The Hall–Kier alpha value is -2.84. The minimum Gasteiger partial charge on any atom is -0.376 e. The number of hydrogen-bond donors (Lipinski definition) is 2. The SMILES string of the molecule is CC(Sc1n[nH]c(=O)n1CC1CCCO1)C(=O)Nc1ccccc1-c1ccccc1. The number of aromatic nitrogens is 3. The third kappa shape index (κ3) is 4.66. The van der Waals surface area contributed by atoms with E-state index in [1.165, 1.54) is 11.8 Å². The fraction of sp³-hybridized carbons (Fsp3) is 0.318. The van der Waals surface area contributed by atoms with Crippen LogP contribution in [0.15, 0.2) is 64.5 Å². The van der Waals surface area contributed by atoms with Crippen LogP contribution in [-0.2, 0) is 16.1 Å². The van der Waals surface area contributed by atoms with E-state index < -0.39 is 5.25 Å². The van der Waals surface area contributed by atoms with Crippen molar-refractivity contribution in [3.8, 4) is 11.1 Å². The maximum atomic E-state index is 12.9. The largest absolute Gasteiger partial charge is 0.376 e. The maximum absolute atomic E-state index is 12.9. The zero-order valence-electron chi connectivity index (χ0n) is 16.7. The van der Waals surface area contributed by atoms with Crippen molar-refractivity contribution < 1.29 is 9.53 Å². The summed E-state index contributed by atoms with van der Waals surface area (Å²) in [6, 6.07) is 17.6. The Kier molecular flexibility index (Phi) is 6.35. The summed E-state index contributed by atoms with van der Waals surface area (Å²) in [7, 11) is 0. The number of aromatic amines is 1. The van der Waals surface area contributed by atoms with Gasteiger partial charge >= 0.3 is 5.69 Å². The first-order valence-corrected chi connectivity index (χ1v) is 10.9. The van der Waals surface area contributed by atoms with Gasteiger partial charge in [0, 0.05) is 17.9 Å². The first-order chi connectivity index (χ1) is 14.6. The van der Waals surface area contributed by atoms with Crippen LogP contribution in [0.4, 0.5) is 5.69 Å². The topological polar surface area (TPSA) is 89.0 Å². The van der Waals surface area contributed by atoms with Crippen LogP contribution in [0.25, 0.3) is 11.1 Å². The molecule has 0 spiro atoms. The van der Waals surface area contributed by atoms with Crippen LogP contribution in [0.2, 0.25) is 0 Å². The van der Waals surface area contributed by atoms with E-state index in [9.17, 15) is 9.59 Å². The van der Waals surface area contributed by atoms with Gasteiger partial charge in [-0.15, -0.1) is 5.10 Å². The Morgan fingerprint density at radius 1 is 1.27 bits per heavy atom. The molecule has 0 saturated carbocycles. The van der Waals surface area contributed by atoms with E-state index in [-0.39, 0.29) is 17.7 Å². The van der Waals surface area contributed by atoms with E-state index in [4.69, 9.17) is 4.74 Å². The molecule has 1 aromatic heterocycles. The van der Waals surface area contributed by atoms with Crippen LogP contribution in [0.3, 0.4) is 0 Å². The second-order valence-electron chi connectivity index (χ2n) is 7.22. The predicted octanol–water partition coefficient (Wildman–Crippen LogP) is 3.54. The van der Waals surface area contributed by atoms with Crippen LogP contribution in [0.5, 0.6) is 0 Å². The second-order valence-corrected chi connectivity index (χ2v) is 8.53. The van der Waals surface area contributed by atoms with Crippen molar-refractivity contribution in [3.05, 3.63) is 65.1 Å². The second kappa shape index (κ2) is 9.32. The van der Waals surface area contributed by atoms with Gasteiger partial charge in [-0.25, -0.2) is 9.89 Å². The van der Waals surface area contributed by atoms with Crippen molar-refractivity contribution in [3.63, 3.8) is 0 Å². The quantitative estimate of drug-likeness (QED) is 0.567. The highest BCUT2D eigenvalue weighted by molar-refractivity contribution is 8.00. The molecule has 8 heteroatoms. The van der Waals surface area contributed by atoms with Crippen molar-refractivity contribution in [1.82, 2.24) is 14.8 Å². The van der Waals surface area contributed by atoms with Gasteiger partial charge in [0.2, 0.25) is 5.91 Å². The summed E-state index contributed by atoms with van der Waals surface area (Å²) in [5.41, 5.74) is 2.46. The van der Waals surface area contributed by atoms with Crippen molar-refractivity contribution >= 4 is 23.4 Å². The van der Waals surface area contributed by atoms with Gasteiger partial charge < -0.3 is 10.1 Å². The van der Waals surface area contributed by atoms with Gasteiger partial charge in [0.25, 0.3) is 0 Å². The molecular formula is C22H24N4O3S. The number of para-hydroxylation sites is 1. The van der Waals surface area contributed by atoms with E-state index in [0.717, 1.165) is 36.3 Å². The number of nitrogens with zero attached hydrogens (tertiary/aromatic N) is 2. The highest BCUT2D eigenvalue weighted by Crippen LogP contribution is 2.29. The van der Waals surface area contributed by atoms with Gasteiger partial charge in [0.1, 0.15) is 0 Å². The standard InChI is InChI=1S/C22H24N4O3S/c1-15(30-22-25-24-21(28)26(22)14-17-10-7-13-29-17)20(27)23-19-12-6-5-11-18(19)16-8-3-2-4-9-16/h2-6,8-9,11-12,15,17H,7,10,13-14H2,1H3,(H,23,27)(H,24,28). The molecule has 1 fully saturated rings. The van der Waals surface area contributed by atoms with E-state index in [1.807, 2.05) is 54.6 Å². The number of thioether (sulfide) groups is 1. The number of anilines is 1. The Bertz CT molecular complexity index is 1060. The molecule has 156 valence electrons. The summed E-state index contributed by atoms with van der Waals surface area (Å²) in [5.74, 6) is -0.150. The fourth-order valence-electron chi connectivity index (χ4n) is 3.45. The molecule has 2 N–H and O–H groups in total. The summed E-state index contributed by atoms with van der Waals surface area (Å²) in [6.45, 7) is 2.98. The summed E-state index contributed by atoms with van der Waals surface area (Å²) in [5, 5.41) is 9.67. The zero-order valence-corrected chi connectivity index (χ0v) is 17.5. The number of nitrogens with one attached hydrogen (secondary N) is 2. The Balaban J connectivity index is 1.46. The molecule has 30 heavy (non-hydrogen) atoms. The molecule has 7 nitrogen and oxygen atoms in total. The summed E-state index contributed by atoms with van der Waals surface area (Å²) in [4.78, 5) is 25.0. The van der Waals surface area contributed by atoms with E-state index in [0.29, 0.717) is 11.7 Å². The van der Waals surface area contributed by atoms with Gasteiger partial charge in [-0.05, 0) is 31.4 Å². The van der Waals surface area contributed by atoms with Crippen LogP contribution in [0.1, 0.15) is 19.8 Å². The fourth-order valence-corrected chi connectivity index (χ4v) is 4.32. The molecule has 1 saturated heterocycles.